The smallest absolute Gasteiger partial charge is 0.190 e. The summed E-state index contributed by atoms with van der Waals surface area (Å²) < 4.78 is 14.3. The van der Waals surface area contributed by atoms with E-state index in [1.165, 1.54) is 12.5 Å². The number of fused-ring (bicyclic) bond motifs is 7. The summed E-state index contributed by atoms with van der Waals surface area (Å²) in [7, 11) is 0. The minimum absolute atomic E-state index is 0.0210. The van der Waals surface area contributed by atoms with Crippen molar-refractivity contribution in [3.63, 3.8) is 0 Å². The molecule has 146 valence electrons. The lowest BCUT2D eigenvalue weighted by molar-refractivity contribution is -0.135. The zero-order valence-electron chi connectivity index (χ0n) is 16.2. The second kappa shape index (κ2) is 5.55. The van der Waals surface area contributed by atoms with Crippen molar-refractivity contribution in [2.75, 3.05) is 0 Å². The first-order valence-electron chi connectivity index (χ1n) is 10.3. The third-order valence-electron chi connectivity index (χ3n) is 8.92. The number of rotatable bonds is 1. The maximum Gasteiger partial charge on any atom is 0.190 e. The predicted octanol–water partition coefficient (Wildman–Crippen LogP) is 4.50. The van der Waals surface area contributed by atoms with Crippen molar-refractivity contribution in [1.82, 2.24) is 0 Å². The molecule has 5 aliphatic rings. The first kappa shape index (κ1) is 18.1. The summed E-state index contributed by atoms with van der Waals surface area (Å²) in [5.41, 5.74) is 0.651. The van der Waals surface area contributed by atoms with Crippen LogP contribution in [0.2, 0.25) is 0 Å². The lowest BCUT2D eigenvalue weighted by atomic mass is 9.47. The molecule has 0 radical (unpaired) electrons. The molecule has 5 heteroatoms. The number of carbonyl (C=O) groups is 3. The van der Waals surface area contributed by atoms with Crippen molar-refractivity contribution >= 4 is 28.4 Å². The van der Waals surface area contributed by atoms with E-state index in [2.05, 4.69) is 6.92 Å². The van der Waals surface area contributed by atoms with Gasteiger partial charge in [-0.2, -0.15) is 0 Å². The van der Waals surface area contributed by atoms with E-state index in [1.54, 1.807) is 0 Å². The van der Waals surface area contributed by atoms with Gasteiger partial charge >= 0.3 is 0 Å². The van der Waals surface area contributed by atoms with Crippen LogP contribution in [0.15, 0.2) is 10.5 Å². The van der Waals surface area contributed by atoms with Crippen molar-refractivity contribution < 1.29 is 18.8 Å². The fourth-order valence-electron chi connectivity index (χ4n) is 7.56. The molecule has 0 bridgehead atoms. The monoisotopic (exact) mass is 390 g/mol. The predicted molar refractivity (Wildman–Crippen MR) is 102 cm³/mol. The van der Waals surface area contributed by atoms with Crippen LogP contribution in [0.3, 0.4) is 0 Å². The Labute approximate surface area is 163 Å². The van der Waals surface area contributed by atoms with E-state index >= 15 is 0 Å². The Morgan fingerprint density at radius 1 is 1.11 bits per heavy atom. The average Bonchev–Trinajstić information content (AvgIpc) is 3.38. The van der Waals surface area contributed by atoms with Gasteiger partial charge in [0.1, 0.15) is 0 Å². The van der Waals surface area contributed by atoms with Crippen molar-refractivity contribution in [3.8, 4) is 0 Å². The molecule has 27 heavy (non-hydrogen) atoms. The Kier molecular flexibility index (Phi) is 3.72. The highest BCUT2D eigenvalue weighted by atomic mass is 32.2. The molecular formula is C22H27FO3S. The molecule has 1 unspecified atom stereocenters. The highest BCUT2D eigenvalue weighted by Gasteiger charge is 2.68. The summed E-state index contributed by atoms with van der Waals surface area (Å²) in [4.78, 5) is 37.9. The first-order chi connectivity index (χ1) is 12.7. The minimum Gasteiger partial charge on any atom is -0.296 e. The van der Waals surface area contributed by atoms with Crippen molar-refractivity contribution in [2.24, 2.45) is 40.4 Å². The summed E-state index contributed by atoms with van der Waals surface area (Å²) in [5.74, 6) is 1.37. The molecule has 5 aliphatic carbocycles. The Hall–Kier alpha value is -0.970. The normalized spacial score (nSPS) is 50.7. The van der Waals surface area contributed by atoms with Crippen molar-refractivity contribution in [2.45, 2.75) is 65.5 Å². The highest BCUT2D eigenvalue weighted by Crippen LogP contribution is 2.72. The van der Waals surface area contributed by atoms with Crippen LogP contribution < -0.4 is 0 Å². The van der Waals surface area contributed by atoms with Crippen LogP contribution in [-0.4, -0.2) is 22.9 Å². The maximum atomic E-state index is 14.3. The Morgan fingerprint density at radius 3 is 2.56 bits per heavy atom. The quantitative estimate of drug-likeness (QED) is 0.662. The molecule has 0 aromatic carbocycles. The number of carbonyl (C=O) groups excluding carboxylic acids is 3. The van der Waals surface area contributed by atoms with Gasteiger partial charge in [-0.05, 0) is 84.9 Å². The Bertz CT molecular complexity index is 803. The van der Waals surface area contributed by atoms with Gasteiger partial charge in [-0.25, -0.2) is 4.39 Å². The molecule has 8 atom stereocenters. The van der Waals surface area contributed by atoms with Gasteiger partial charge in [-0.15, -0.1) is 0 Å². The van der Waals surface area contributed by atoms with Crippen LogP contribution in [-0.2, 0) is 14.4 Å². The summed E-state index contributed by atoms with van der Waals surface area (Å²) in [6.45, 7) is 5.83. The van der Waals surface area contributed by atoms with E-state index in [0.717, 1.165) is 48.8 Å². The molecule has 0 N–H and O–H groups in total. The van der Waals surface area contributed by atoms with E-state index < -0.39 is 11.6 Å². The third kappa shape index (κ3) is 2.18. The van der Waals surface area contributed by atoms with Gasteiger partial charge in [0.05, 0.1) is 4.91 Å². The molecule has 0 heterocycles. The van der Waals surface area contributed by atoms with Crippen LogP contribution in [0, 0.1) is 40.4 Å². The number of alkyl halides is 1. The second-order valence-corrected chi connectivity index (χ2v) is 11.1. The fourth-order valence-corrected chi connectivity index (χ4v) is 8.55. The number of thioether (sulfide) groups is 1. The van der Waals surface area contributed by atoms with Gasteiger partial charge in [-0.1, -0.05) is 13.8 Å². The maximum absolute atomic E-state index is 14.3. The molecule has 5 rings (SSSR count). The number of hydrogen-bond acceptors (Lipinski definition) is 4. The SMILES string of the molecule is CC(=O)SC1=C2CC[C@H]3[C@@H]4C[C@@H](F)C(=O)[C@@]4(C)CC[C@@H]3[C@@]2(C)C2C[C@@H]2C1=O. The van der Waals surface area contributed by atoms with E-state index in [0.29, 0.717) is 24.2 Å². The van der Waals surface area contributed by atoms with E-state index in [-0.39, 0.29) is 33.9 Å². The van der Waals surface area contributed by atoms with E-state index in [9.17, 15) is 18.8 Å². The van der Waals surface area contributed by atoms with Crippen LogP contribution in [0.4, 0.5) is 4.39 Å². The Morgan fingerprint density at radius 2 is 1.85 bits per heavy atom. The highest BCUT2D eigenvalue weighted by molar-refractivity contribution is 8.17. The largest absolute Gasteiger partial charge is 0.296 e. The standard InChI is InChI=1S/C22H27FO3S/c1-10(24)27-19-14-5-4-11-13(22(14,3)16-8-12(16)18(19)25)6-7-21(2)15(11)9-17(23)20(21)26/h11-13,15-17H,4-9H2,1-3H3/t11-,12+,13+,15+,16?,17-,21+,22-/m1/s1. The van der Waals surface area contributed by atoms with E-state index in [4.69, 9.17) is 0 Å². The minimum atomic E-state index is -1.30. The second-order valence-electron chi connectivity index (χ2n) is 9.94. The van der Waals surface area contributed by atoms with Gasteiger partial charge in [0.2, 0.25) is 0 Å². The molecule has 4 fully saturated rings. The third-order valence-corrected chi connectivity index (χ3v) is 9.86. The molecule has 0 aliphatic heterocycles. The van der Waals surface area contributed by atoms with Gasteiger partial charge in [-0.3, -0.25) is 14.4 Å². The molecule has 0 spiro atoms. The number of hydrogen-bond donors (Lipinski definition) is 0. The summed E-state index contributed by atoms with van der Waals surface area (Å²) in [6.07, 6.45) is 3.45. The lowest BCUT2D eigenvalue weighted by Crippen LogP contribution is -2.52. The topological polar surface area (TPSA) is 51.2 Å². The summed E-state index contributed by atoms with van der Waals surface area (Å²) in [5, 5.41) is -0.0210. The van der Waals surface area contributed by atoms with Crippen LogP contribution in [0.25, 0.3) is 0 Å². The van der Waals surface area contributed by atoms with Gasteiger partial charge in [0, 0.05) is 18.3 Å². The summed E-state index contributed by atoms with van der Waals surface area (Å²) >= 11 is 1.13. The number of ketones is 2. The van der Waals surface area contributed by atoms with E-state index in [1.807, 2.05) is 6.92 Å². The fraction of sp³-hybridized carbons (Fsp3) is 0.773. The van der Waals surface area contributed by atoms with Crippen LogP contribution >= 0.6 is 11.8 Å². The lowest BCUT2D eigenvalue weighted by Gasteiger charge is -2.57. The van der Waals surface area contributed by atoms with Crippen molar-refractivity contribution in [3.05, 3.63) is 10.5 Å². The number of Topliss-reactive ketones (excluding diaryl/α,β-unsaturated/α-hetero) is 2. The molecular weight excluding hydrogens is 363 g/mol. The van der Waals surface area contributed by atoms with Crippen molar-refractivity contribution in [1.29, 1.82) is 0 Å². The molecule has 3 nitrogen and oxygen atoms in total. The molecule has 0 aromatic rings. The van der Waals surface area contributed by atoms with Crippen LogP contribution in [0.1, 0.15) is 59.3 Å². The average molecular weight is 391 g/mol. The zero-order valence-corrected chi connectivity index (χ0v) is 17.0. The Balaban J connectivity index is 1.57. The molecule has 0 aromatic heterocycles. The molecule has 4 saturated carbocycles. The number of halogens is 1. The van der Waals surface area contributed by atoms with Gasteiger partial charge < -0.3 is 0 Å². The van der Waals surface area contributed by atoms with Gasteiger partial charge in [0.25, 0.3) is 0 Å². The zero-order chi connectivity index (χ0) is 19.3. The molecule has 0 amide bonds. The number of allylic oxidation sites excluding steroid dienone is 1. The summed E-state index contributed by atoms with van der Waals surface area (Å²) in [6, 6.07) is 0. The van der Waals surface area contributed by atoms with Gasteiger partial charge in [0.15, 0.2) is 22.9 Å². The first-order valence-corrected chi connectivity index (χ1v) is 11.2. The molecule has 0 saturated heterocycles. The van der Waals surface area contributed by atoms with Crippen LogP contribution in [0.5, 0.6) is 0 Å².